The third-order valence-corrected chi connectivity index (χ3v) is 6.67. The highest BCUT2D eigenvalue weighted by Crippen LogP contribution is 2.20. The quantitative estimate of drug-likeness (QED) is 0.390. The molecular weight excluding hydrogens is 527 g/mol. The number of hydrogen-bond acceptors (Lipinski definition) is 5. The van der Waals surface area contributed by atoms with Crippen molar-refractivity contribution in [3.8, 4) is 5.75 Å². The molecule has 2 aromatic rings. The molecule has 4 N–H and O–H groups in total. The number of carbonyl (C=O) groups excluding carboxylic acids is 4. The van der Waals surface area contributed by atoms with Crippen LogP contribution >= 0.6 is 0 Å². The lowest BCUT2D eigenvalue weighted by atomic mass is 10.00. The number of nitrogens with one attached hydrogen (secondary N) is 4. The van der Waals surface area contributed by atoms with Crippen molar-refractivity contribution >= 4 is 23.6 Å². The average molecular weight is 569 g/mol. The molecule has 0 saturated carbocycles. The lowest BCUT2D eigenvalue weighted by Gasteiger charge is -2.27. The standard InChI is InChI=1S/C31H41FN4O5/c1-19(2)15-23-18-41-27-8-6-5-7-24(27)29(38)36-26(17-28(37)35-25(16-20(3)4)31(40)34-23)30(39)33-14-13-21-9-11-22(32)12-10-21/h5-12,19-20,23,25-26H,13-18H2,1-4H3,(H,33,39)(H,34,40)(H,35,37)(H,36,38)/t23-,25-,26+/m1/s1. The minimum absolute atomic E-state index is 0.113. The van der Waals surface area contributed by atoms with Gasteiger partial charge in [-0.2, -0.15) is 0 Å². The summed E-state index contributed by atoms with van der Waals surface area (Å²) in [4.78, 5) is 53.0. The highest BCUT2D eigenvalue weighted by molar-refractivity contribution is 6.01. The third-order valence-electron chi connectivity index (χ3n) is 6.67. The molecule has 3 atom stereocenters. The molecule has 1 aliphatic heterocycles. The maximum absolute atomic E-state index is 13.3. The molecule has 222 valence electrons. The van der Waals surface area contributed by atoms with Gasteiger partial charge in [0.2, 0.25) is 17.7 Å². The van der Waals surface area contributed by atoms with Crippen LogP contribution in [0.4, 0.5) is 4.39 Å². The minimum atomic E-state index is -1.21. The van der Waals surface area contributed by atoms with Crippen LogP contribution in [0.15, 0.2) is 48.5 Å². The topological polar surface area (TPSA) is 126 Å². The Labute approximate surface area is 241 Å². The number of halogens is 1. The predicted molar refractivity (Wildman–Crippen MR) is 154 cm³/mol. The van der Waals surface area contributed by atoms with Crippen LogP contribution < -0.4 is 26.0 Å². The van der Waals surface area contributed by atoms with Crippen LogP contribution in [-0.4, -0.2) is 54.9 Å². The first kappa shape index (κ1) is 31.6. The van der Waals surface area contributed by atoms with Gasteiger partial charge >= 0.3 is 0 Å². The molecule has 41 heavy (non-hydrogen) atoms. The molecule has 0 saturated heterocycles. The molecule has 0 fully saturated rings. The first-order valence-electron chi connectivity index (χ1n) is 14.2. The van der Waals surface area contributed by atoms with Gasteiger partial charge in [-0.25, -0.2) is 4.39 Å². The summed E-state index contributed by atoms with van der Waals surface area (Å²) in [7, 11) is 0. The Hall–Kier alpha value is -3.95. The number of carbonyl (C=O) groups is 4. The minimum Gasteiger partial charge on any atom is -0.491 e. The molecule has 1 aliphatic rings. The van der Waals surface area contributed by atoms with Gasteiger partial charge in [-0.05, 0) is 60.9 Å². The lowest BCUT2D eigenvalue weighted by Crippen LogP contribution is -2.54. The van der Waals surface area contributed by atoms with Crippen molar-refractivity contribution < 1.29 is 28.3 Å². The Morgan fingerprint density at radius 3 is 2.32 bits per heavy atom. The van der Waals surface area contributed by atoms with Crippen molar-refractivity contribution in [2.45, 2.75) is 71.5 Å². The second-order valence-corrected chi connectivity index (χ2v) is 11.3. The molecule has 0 aromatic heterocycles. The molecule has 0 aliphatic carbocycles. The monoisotopic (exact) mass is 568 g/mol. The molecule has 0 spiro atoms. The first-order chi connectivity index (χ1) is 19.5. The molecule has 2 aromatic carbocycles. The van der Waals surface area contributed by atoms with E-state index in [-0.39, 0.29) is 54.7 Å². The van der Waals surface area contributed by atoms with Gasteiger partial charge in [-0.1, -0.05) is 52.0 Å². The van der Waals surface area contributed by atoms with Crippen LogP contribution in [0.25, 0.3) is 0 Å². The van der Waals surface area contributed by atoms with Crippen LogP contribution in [0.5, 0.6) is 5.75 Å². The fraction of sp³-hybridized carbons (Fsp3) is 0.484. The van der Waals surface area contributed by atoms with Crippen LogP contribution in [0.3, 0.4) is 0 Å². The molecule has 3 rings (SSSR count). The fourth-order valence-corrected chi connectivity index (χ4v) is 4.70. The summed E-state index contributed by atoms with van der Waals surface area (Å²) in [6.45, 7) is 8.33. The number of hydrogen-bond donors (Lipinski definition) is 4. The molecule has 0 unspecified atom stereocenters. The smallest absolute Gasteiger partial charge is 0.255 e. The van der Waals surface area contributed by atoms with E-state index in [1.165, 1.54) is 12.1 Å². The van der Waals surface area contributed by atoms with Crippen LogP contribution in [0, 0.1) is 17.7 Å². The van der Waals surface area contributed by atoms with E-state index in [2.05, 4.69) is 21.3 Å². The zero-order chi connectivity index (χ0) is 29.9. The van der Waals surface area contributed by atoms with Gasteiger partial charge in [-0.3, -0.25) is 19.2 Å². The van der Waals surface area contributed by atoms with E-state index in [4.69, 9.17) is 4.74 Å². The van der Waals surface area contributed by atoms with Crippen molar-refractivity contribution in [3.05, 3.63) is 65.5 Å². The van der Waals surface area contributed by atoms with E-state index >= 15 is 0 Å². The van der Waals surface area contributed by atoms with E-state index < -0.39 is 29.8 Å². The lowest BCUT2D eigenvalue weighted by molar-refractivity contribution is -0.131. The second kappa shape index (κ2) is 15.2. The predicted octanol–water partition coefficient (Wildman–Crippen LogP) is 3.13. The molecule has 0 radical (unpaired) electrons. The van der Waals surface area contributed by atoms with Crippen molar-refractivity contribution in [2.75, 3.05) is 13.2 Å². The zero-order valence-electron chi connectivity index (χ0n) is 24.2. The maximum atomic E-state index is 13.3. The number of rotatable bonds is 8. The van der Waals surface area contributed by atoms with Gasteiger partial charge < -0.3 is 26.0 Å². The summed E-state index contributed by atoms with van der Waals surface area (Å²) in [6, 6.07) is 10.2. The first-order valence-corrected chi connectivity index (χ1v) is 14.2. The number of benzene rings is 2. The van der Waals surface area contributed by atoms with E-state index in [9.17, 15) is 23.6 Å². The SMILES string of the molecule is CC(C)C[C@@H]1COc2ccccc2C(=O)N[C@H](C(=O)NCCc2ccc(F)cc2)CC(=O)N[C@H](CC(C)C)C(=O)N1. The normalized spacial score (nSPS) is 20.3. The number of ether oxygens (including phenoxy) is 1. The van der Waals surface area contributed by atoms with Crippen LogP contribution in [0.1, 0.15) is 62.9 Å². The average Bonchev–Trinajstić information content (AvgIpc) is 2.91. The summed E-state index contributed by atoms with van der Waals surface area (Å²) in [5.41, 5.74) is 1.03. The van der Waals surface area contributed by atoms with Crippen LogP contribution in [-0.2, 0) is 20.8 Å². The van der Waals surface area contributed by atoms with E-state index in [0.29, 0.717) is 25.0 Å². The van der Waals surface area contributed by atoms with Crippen molar-refractivity contribution in [1.82, 2.24) is 21.3 Å². The summed E-state index contributed by atoms with van der Waals surface area (Å²) in [5.74, 6) is -1.64. The van der Waals surface area contributed by atoms with Gasteiger partial charge in [-0.15, -0.1) is 0 Å². The molecule has 9 nitrogen and oxygen atoms in total. The Bertz CT molecular complexity index is 1200. The molecule has 0 bridgehead atoms. The Morgan fingerprint density at radius 2 is 1.63 bits per heavy atom. The van der Waals surface area contributed by atoms with E-state index in [1.807, 2.05) is 27.7 Å². The summed E-state index contributed by atoms with van der Waals surface area (Å²) < 4.78 is 19.2. The zero-order valence-corrected chi connectivity index (χ0v) is 24.2. The molecular formula is C31H41FN4O5. The Balaban J connectivity index is 1.85. The van der Waals surface area contributed by atoms with Crippen LogP contribution in [0.2, 0.25) is 0 Å². The summed E-state index contributed by atoms with van der Waals surface area (Å²) >= 11 is 0. The van der Waals surface area contributed by atoms with Gasteiger partial charge in [0.25, 0.3) is 5.91 Å². The van der Waals surface area contributed by atoms with Crippen molar-refractivity contribution in [2.24, 2.45) is 11.8 Å². The molecule has 10 heteroatoms. The van der Waals surface area contributed by atoms with E-state index in [1.54, 1.807) is 36.4 Å². The van der Waals surface area contributed by atoms with Crippen molar-refractivity contribution in [1.29, 1.82) is 0 Å². The van der Waals surface area contributed by atoms with E-state index in [0.717, 1.165) is 5.56 Å². The van der Waals surface area contributed by atoms with Gasteiger partial charge in [0, 0.05) is 6.54 Å². The number of amides is 4. The fourth-order valence-electron chi connectivity index (χ4n) is 4.70. The molecule has 4 amide bonds. The summed E-state index contributed by atoms with van der Waals surface area (Å²) in [6.07, 6.45) is 1.11. The molecule has 1 heterocycles. The van der Waals surface area contributed by atoms with Gasteiger partial charge in [0.1, 0.15) is 30.3 Å². The summed E-state index contributed by atoms with van der Waals surface area (Å²) in [5, 5.41) is 11.2. The highest BCUT2D eigenvalue weighted by Gasteiger charge is 2.30. The van der Waals surface area contributed by atoms with Crippen molar-refractivity contribution in [3.63, 3.8) is 0 Å². The Kier molecular flexibility index (Phi) is 11.7. The number of fused-ring (bicyclic) bond motifs is 1. The number of para-hydroxylation sites is 1. The highest BCUT2D eigenvalue weighted by atomic mass is 19.1. The third kappa shape index (κ3) is 10.2. The largest absolute Gasteiger partial charge is 0.491 e. The van der Waals surface area contributed by atoms with Gasteiger partial charge in [0.15, 0.2) is 0 Å². The van der Waals surface area contributed by atoms with Gasteiger partial charge in [0.05, 0.1) is 18.0 Å². The Morgan fingerprint density at radius 1 is 0.951 bits per heavy atom. The second-order valence-electron chi connectivity index (χ2n) is 11.3. The maximum Gasteiger partial charge on any atom is 0.255 e.